The summed E-state index contributed by atoms with van der Waals surface area (Å²) in [5.41, 5.74) is 1.32. The molecule has 2 nitrogen and oxygen atoms in total. The Morgan fingerprint density at radius 3 is 2.31 bits per heavy atom. The number of carboxylic acid groups (broad SMARTS) is 1. The molecule has 0 unspecified atom stereocenters. The summed E-state index contributed by atoms with van der Waals surface area (Å²) in [6, 6.07) is 10.3. The number of benzene rings is 1. The van der Waals surface area contributed by atoms with Crippen molar-refractivity contribution >= 4 is 5.97 Å². The Morgan fingerprint density at radius 1 is 1.31 bits per heavy atom. The number of hydrogen-bond donors (Lipinski definition) is 1. The first-order valence-electron chi connectivity index (χ1n) is 5.33. The van der Waals surface area contributed by atoms with Crippen LogP contribution in [0.4, 0.5) is 0 Å². The molecule has 1 aromatic carbocycles. The Hall–Kier alpha value is -1.75. The van der Waals surface area contributed by atoms with Crippen molar-refractivity contribution in [1.82, 2.24) is 0 Å². The smallest absolute Gasteiger partial charge is 0.303 e. The van der Waals surface area contributed by atoms with Gasteiger partial charge in [0.1, 0.15) is 0 Å². The van der Waals surface area contributed by atoms with Crippen molar-refractivity contribution in [2.75, 3.05) is 0 Å². The lowest BCUT2D eigenvalue weighted by Crippen LogP contribution is -1.92. The summed E-state index contributed by atoms with van der Waals surface area (Å²) >= 11 is 0. The molecule has 0 spiro atoms. The Labute approximate surface area is 97.3 Å². The van der Waals surface area contributed by atoms with Crippen LogP contribution >= 0.6 is 0 Å². The summed E-state index contributed by atoms with van der Waals surface area (Å²) in [7, 11) is 0. The standard InChI is InChI=1S/C7H10O2.C7H8/c1-2-3-4-5-6-7(8)9;1-7-5-3-2-4-6-7/h1H,3-6H2,(H,8,9);2-6H,1H3. The summed E-state index contributed by atoms with van der Waals surface area (Å²) in [6.45, 7) is 2.08. The second kappa shape index (κ2) is 9.79. The zero-order chi connectivity index (χ0) is 12.2. The van der Waals surface area contributed by atoms with Crippen LogP contribution in [0.25, 0.3) is 0 Å². The van der Waals surface area contributed by atoms with Gasteiger partial charge in [-0.25, -0.2) is 0 Å². The predicted octanol–water partition coefficient (Wildman–Crippen LogP) is 3.26. The molecule has 0 heterocycles. The van der Waals surface area contributed by atoms with Gasteiger partial charge in [-0.2, -0.15) is 0 Å². The molecule has 1 N–H and O–H groups in total. The molecule has 0 saturated heterocycles. The van der Waals surface area contributed by atoms with E-state index in [1.54, 1.807) is 0 Å². The first kappa shape index (κ1) is 14.2. The Balaban J connectivity index is 0.000000288. The zero-order valence-electron chi connectivity index (χ0n) is 9.65. The fraction of sp³-hybridized carbons (Fsp3) is 0.357. The van der Waals surface area contributed by atoms with E-state index in [9.17, 15) is 4.79 Å². The van der Waals surface area contributed by atoms with Gasteiger partial charge in [0, 0.05) is 12.8 Å². The van der Waals surface area contributed by atoms with E-state index in [0.29, 0.717) is 12.8 Å². The van der Waals surface area contributed by atoms with Crippen molar-refractivity contribution in [3.8, 4) is 12.3 Å². The molecule has 86 valence electrons. The average molecular weight is 218 g/mol. The molecule has 0 amide bonds. The number of unbranched alkanes of at least 4 members (excludes halogenated alkanes) is 2. The minimum atomic E-state index is -0.743. The maximum Gasteiger partial charge on any atom is 0.303 e. The van der Waals surface area contributed by atoms with Gasteiger partial charge in [-0.15, -0.1) is 12.3 Å². The average Bonchev–Trinajstić information content (AvgIpc) is 2.26. The maximum absolute atomic E-state index is 9.91. The number of carbonyl (C=O) groups is 1. The summed E-state index contributed by atoms with van der Waals surface area (Å²) < 4.78 is 0. The zero-order valence-corrected chi connectivity index (χ0v) is 9.65. The Bertz CT molecular complexity index is 322. The molecule has 0 atom stereocenters. The highest BCUT2D eigenvalue weighted by Gasteiger charge is 1.93. The number of hydrogen-bond acceptors (Lipinski definition) is 1. The van der Waals surface area contributed by atoms with Crippen molar-refractivity contribution in [1.29, 1.82) is 0 Å². The van der Waals surface area contributed by atoms with Crippen LogP contribution < -0.4 is 0 Å². The Kier molecular flexibility index (Phi) is 8.72. The molecular formula is C14H18O2. The van der Waals surface area contributed by atoms with Crippen molar-refractivity contribution in [2.45, 2.75) is 32.6 Å². The van der Waals surface area contributed by atoms with Crippen molar-refractivity contribution in [3.05, 3.63) is 35.9 Å². The number of carboxylic acids is 1. The summed E-state index contributed by atoms with van der Waals surface area (Å²) in [6.07, 6.45) is 7.39. The van der Waals surface area contributed by atoms with E-state index in [4.69, 9.17) is 11.5 Å². The lowest BCUT2D eigenvalue weighted by atomic mass is 10.2. The van der Waals surface area contributed by atoms with E-state index in [-0.39, 0.29) is 6.42 Å². The molecule has 0 saturated carbocycles. The number of terminal acetylenes is 1. The van der Waals surface area contributed by atoms with Gasteiger partial charge in [0.25, 0.3) is 0 Å². The molecule has 16 heavy (non-hydrogen) atoms. The highest BCUT2D eigenvalue weighted by atomic mass is 16.4. The number of aliphatic carboxylic acids is 1. The van der Waals surface area contributed by atoms with Gasteiger partial charge in [0.15, 0.2) is 0 Å². The normalized spacial score (nSPS) is 8.50. The van der Waals surface area contributed by atoms with Crippen LogP contribution in [0.2, 0.25) is 0 Å². The molecular weight excluding hydrogens is 200 g/mol. The van der Waals surface area contributed by atoms with Gasteiger partial charge in [0.05, 0.1) is 0 Å². The molecule has 2 heteroatoms. The number of rotatable bonds is 4. The lowest BCUT2D eigenvalue weighted by molar-refractivity contribution is -0.137. The molecule has 1 rings (SSSR count). The van der Waals surface area contributed by atoms with Crippen LogP contribution in [-0.2, 0) is 4.79 Å². The summed E-state index contributed by atoms with van der Waals surface area (Å²) in [5, 5.41) is 8.16. The van der Waals surface area contributed by atoms with Gasteiger partial charge < -0.3 is 5.11 Å². The topological polar surface area (TPSA) is 37.3 Å². The molecule has 0 aliphatic heterocycles. The minimum absolute atomic E-state index is 0.238. The van der Waals surface area contributed by atoms with Gasteiger partial charge in [-0.1, -0.05) is 35.9 Å². The summed E-state index contributed by atoms with van der Waals surface area (Å²) in [5.74, 6) is 1.70. The van der Waals surface area contributed by atoms with Crippen LogP contribution in [0.5, 0.6) is 0 Å². The molecule has 0 aliphatic carbocycles. The second-order valence-electron chi connectivity index (χ2n) is 3.46. The Morgan fingerprint density at radius 2 is 1.94 bits per heavy atom. The highest BCUT2D eigenvalue weighted by molar-refractivity contribution is 5.66. The molecule has 0 bridgehead atoms. The van der Waals surface area contributed by atoms with E-state index in [0.717, 1.165) is 6.42 Å². The molecule has 0 fully saturated rings. The summed E-state index contributed by atoms with van der Waals surface area (Å²) in [4.78, 5) is 9.91. The van der Waals surface area contributed by atoms with Gasteiger partial charge >= 0.3 is 5.97 Å². The van der Waals surface area contributed by atoms with Crippen LogP contribution in [0.3, 0.4) is 0 Å². The fourth-order valence-electron chi connectivity index (χ4n) is 1.04. The van der Waals surface area contributed by atoms with Crippen LogP contribution in [0.15, 0.2) is 30.3 Å². The van der Waals surface area contributed by atoms with Gasteiger partial charge in [0.2, 0.25) is 0 Å². The molecule has 0 aliphatic rings. The molecule has 1 aromatic rings. The van der Waals surface area contributed by atoms with Crippen LogP contribution in [0.1, 0.15) is 31.2 Å². The quantitative estimate of drug-likeness (QED) is 0.622. The second-order valence-corrected chi connectivity index (χ2v) is 3.46. The van der Waals surface area contributed by atoms with E-state index < -0.39 is 5.97 Å². The van der Waals surface area contributed by atoms with Crippen LogP contribution in [-0.4, -0.2) is 11.1 Å². The van der Waals surface area contributed by atoms with Crippen molar-refractivity contribution in [2.24, 2.45) is 0 Å². The minimum Gasteiger partial charge on any atom is -0.481 e. The van der Waals surface area contributed by atoms with E-state index in [1.807, 2.05) is 18.2 Å². The first-order valence-corrected chi connectivity index (χ1v) is 5.33. The highest BCUT2D eigenvalue weighted by Crippen LogP contribution is 1.97. The van der Waals surface area contributed by atoms with E-state index >= 15 is 0 Å². The lowest BCUT2D eigenvalue weighted by Gasteiger charge is -1.89. The molecule has 0 aromatic heterocycles. The third-order valence-corrected chi connectivity index (χ3v) is 1.90. The van der Waals surface area contributed by atoms with Crippen molar-refractivity contribution in [3.63, 3.8) is 0 Å². The predicted molar refractivity (Wildman–Crippen MR) is 66.1 cm³/mol. The molecule has 0 radical (unpaired) electrons. The monoisotopic (exact) mass is 218 g/mol. The van der Waals surface area contributed by atoms with Crippen LogP contribution in [0, 0.1) is 19.3 Å². The largest absolute Gasteiger partial charge is 0.481 e. The first-order chi connectivity index (χ1) is 7.66. The third kappa shape index (κ3) is 10.3. The third-order valence-electron chi connectivity index (χ3n) is 1.90. The number of aryl methyl sites for hydroxylation is 1. The maximum atomic E-state index is 9.91. The van der Waals surface area contributed by atoms with Gasteiger partial charge in [-0.3, -0.25) is 4.79 Å². The van der Waals surface area contributed by atoms with E-state index in [2.05, 4.69) is 25.0 Å². The fourth-order valence-corrected chi connectivity index (χ4v) is 1.04. The SMILES string of the molecule is C#CCCCCC(=O)O.Cc1ccccc1. The van der Waals surface area contributed by atoms with Gasteiger partial charge in [-0.05, 0) is 19.8 Å². The van der Waals surface area contributed by atoms with Crippen molar-refractivity contribution < 1.29 is 9.90 Å². The van der Waals surface area contributed by atoms with E-state index in [1.165, 1.54) is 5.56 Å².